The molecule has 1 amide bonds. The number of carbonyl (C=O) groups excluding carboxylic acids is 1. The third-order valence-electron chi connectivity index (χ3n) is 4.37. The molecule has 4 heterocycles. The molecule has 3 aromatic rings. The number of amides is 1. The smallest absolute Gasteiger partial charge is 0.411 e. The van der Waals surface area contributed by atoms with Crippen molar-refractivity contribution in [3.63, 3.8) is 0 Å². The van der Waals surface area contributed by atoms with Gasteiger partial charge < -0.3 is 9.64 Å². The van der Waals surface area contributed by atoms with Crippen LogP contribution in [0.2, 0.25) is 0 Å². The van der Waals surface area contributed by atoms with E-state index in [1.54, 1.807) is 27.6 Å². The van der Waals surface area contributed by atoms with Gasteiger partial charge >= 0.3 is 6.09 Å². The number of hydrogen-bond acceptors (Lipinski definition) is 8. The molecule has 0 aromatic carbocycles. The minimum atomic E-state index is -0.561. The first-order valence-electron chi connectivity index (χ1n) is 9.11. The van der Waals surface area contributed by atoms with Crippen LogP contribution in [0.15, 0.2) is 6.20 Å². The van der Waals surface area contributed by atoms with Gasteiger partial charge in [-0.25, -0.2) is 19.3 Å². The molecule has 28 heavy (non-hydrogen) atoms. The molecule has 4 rings (SSSR count). The fourth-order valence-corrected chi connectivity index (χ4v) is 5.00. The predicted molar refractivity (Wildman–Crippen MR) is 111 cm³/mol. The van der Waals surface area contributed by atoms with Gasteiger partial charge in [0.15, 0.2) is 5.13 Å². The van der Waals surface area contributed by atoms with E-state index in [-0.39, 0.29) is 12.1 Å². The van der Waals surface area contributed by atoms with E-state index in [2.05, 4.69) is 10.1 Å². The Hall–Kier alpha value is -2.20. The summed E-state index contributed by atoms with van der Waals surface area (Å²) in [6.07, 6.45) is 2.19. The minimum absolute atomic E-state index is 0.318. The number of fused-ring (bicyclic) bond motifs is 3. The van der Waals surface area contributed by atoms with Crippen LogP contribution in [0.3, 0.4) is 0 Å². The molecule has 10 heteroatoms. The SMILES string of the molecule is Cc1nn2c3c(nc2s1)CCN(C(=O)OC(C)(C)C)C3c1cnc(N(C)C)s1. The standard InChI is InChI=1S/C18H24N6O2S2/c1-10-21-24-13-11(20-16(24)27-10)7-8-23(17(25)26-18(2,3)4)14(13)12-9-19-15(28-12)22(5)6/h9,14H,7-8H2,1-6H3. The number of anilines is 1. The Morgan fingerprint density at radius 2 is 2.07 bits per heavy atom. The number of aryl methyl sites for hydroxylation is 1. The summed E-state index contributed by atoms with van der Waals surface area (Å²) in [6, 6.07) is -0.318. The first-order valence-corrected chi connectivity index (χ1v) is 10.7. The highest BCUT2D eigenvalue weighted by Crippen LogP contribution is 2.40. The van der Waals surface area contributed by atoms with Gasteiger partial charge in [-0.2, -0.15) is 5.10 Å². The zero-order valence-electron chi connectivity index (χ0n) is 16.9. The van der Waals surface area contributed by atoms with Crippen LogP contribution in [-0.2, 0) is 11.2 Å². The van der Waals surface area contributed by atoms with Gasteiger partial charge in [0.25, 0.3) is 0 Å². The van der Waals surface area contributed by atoms with Crippen LogP contribution in [0, 0.1) is 6.92 Å². The molecule has 1 atom stereocenters. The predicted octanol–water partition coefficient (Wildman–Crippen LogP) is 3.50. The van der Waals surface area contributed by atoms with Crippen LogP contribution < -0.4 is 4.90 Å². The summed E-state index contributed by atoms with van der Waals surface area (Å²) in [5.74, 6) is 0. The number of rotatable bonds is 2. The van der Waals surface area contributed by atoms with Crippen molar-refractivity contribution in [3.8, 4) is 0 Å². The van der Waals surface area contributed by atoms with E-state index >= 15 is 0 Å². The number of nitrogens with zero attached hydrogens (tertiary/aromatic N) is 6. The largest absolute Gasteiger partial charge is 0.444 e. The van der Waals surface area contributed by atoms with E-state index in [9.17, 15) is 4.79 Å². The fourth-order valence-electron chi connectivity index (χ4n) is 3.28. The van der Waals surface area contributed by atoms with E-state index < -0.39 is 5.60 Å². The lowest BCUT2D eigenvalue weighted by Crippen LogP contribution is -2.43. The van der Waals surface area contributed by atoms with Crippen LogP contribution in [0.1, 0.15) is 48.1 Å². The normalized spacial score (nSPS) is 17.1. The molecule has 1 unspecified atom stereocenters. The molecule has 0 saturated heterocycles. The molecule has 0 radical (unpaired) electrons. The average molecular weight is 421 g/mol. The summed E-state index contributed by atoms with van der Waals surface area (Å²) in [6.45, 7) is 8.16. The van der Waals surface area contributed by atoms with Gasteiger partial charge in [0.05, 0.1) is 16.3 Å². The Morgan fingerprint density at radius 1 is 1.32 bits per heavy atom. The molecule has 0 saturated carbocycles. The number of imidazole rings is 1. The Kier molecular flexibility index (Phi) is 4.58. The Bertz CT molecular complexity index is 1030. The average Bonchev–Trinajstić information content (AvgIpc) is 3.25. The highest BCUT2D eigenvalue weighted by Gasteiger charge is 2.39. The van der Waals surface area contributed by atoms with Gasteiger partial charge in [0.2, 0.25) is 4.96 Å². The topological polar surface area (TPSA) is 75.9 Å². The fraction of sp³-hybridized carbons (Fsp3) is 0.556. The number of carbonyl (C=O) groups is 1. The second-order valence-electron chi connectivity index (χ2n) is 8.03. The quantitative estimate of drug-likeness (QED) is 0.632. The Labute approximate surface area is 171 Å². The van der Waals surface area contributed by atoms with E-state index in [4.69, 9.17) is 9.72 Å². The van der Waals surface area contributed by atoms with Gasteiger partial charge in [-0.15, -0.1) is 0 Å². The second kappa shape index (κ2) is 6.70. The third kappa shape index (κ3) is 3.35. The number of thiazole rings is 1. The summed E-state index contributed by atoms with van der Waals surface area (Å²) in [5, 5.41) is 6.47. The van der Waals surface area contributed by atoms with Crippen molar-refractivity contribution in [2.75, 3.05) is 25.5 Å². The second-order valence-corrected chi connectivity index (χ2v) is 10.2. The Balaban J connectivity index is 1.84. The van der Waals surface area contributed by atoms with Gasteiger partial charge in [-0.3, -0.25) is 4.90 Å². The molecule has 1 aliphatic rings. The molecule has 0 spiro atoms. The summed E-state index contributed by atoms with van der Waals surface area (Å²) in [4.78, 5) is 27.9. The molecule has 0 bridgehead atoms. The van der Waals surface area contributed by atoms with E-state index in [1.165, 1.54) is 0 Å². The molecule has 1 aliphatic heterocycles. The first-order chi connectivity index (χ1) is 13.1. The molecule has 8 nitrogen and oxygen atoms in total. The van der Waals surface area contributed by atoms with Crippen molar-refractivity contribution in [2.24, 2.45) is 0 Å². The highest BCUT2D eigenvalue weighted by atomic mass is 32.1. The lowest BCUT2D eigenvalue weighted by atomic mass is 10.0. The van der Waals surface area contributed by atoms with Crippen LogP contribution in [0.5, 0.6) is 0 Å². The lowest BCUT2D eigenvalue weighted by molar-refractivity contribution is 0.0175. The molecular formula is C18H24N6O2S2. The van der Waals surface area contributed by atoms with Gasteiger partial charge in [0, 0.05) is 33.3 Å². The maximum atomic E-state index is 13.0. The molecule has 0 fully saturated rings. The van der Waals surface area contributed by atoms with Crippen molar-refractivity contribution >= 4 is 38.9 Å². The molecule has 150 valence electrons. The van der Waals surface area contributed by atoms with Crippen molar-refractivity contribution in [3.05, 3.63) is 27.5 Å². The van der Waals surface area contributed by atoms with Crippen molar-refractivity contribution in [1.29, 1.82) is 0 Å². The minimum Gasteiger partial charge on any atom is -0.444 e. The van der Waals surface area contributed by atoms with Crippen LogP contribution >= 0.6 is 22.7 Å². The number of hydrogen-bond donors (Lipinski definition) is 0. The highest BCUT2D eigenvalue weighted by molar-refractivity contribution is 7.16. The number of aromatic nitrogens is 4. The van der Waals surface area contributed by atoms with Crippen molar-refractivity contribution in [1.82, 2.24) is 24.5 Å². The van der Waals surface area contributed by atoms with Crippen LogP contribution in [0.4, 0.5) is 9.93 Å². The van der Waals surface area contributed by atoms with Crippen LogP contribution in [0.25, 0.3) is 4.96 Å². The zero-order chi connectivity index (χ0) is 20.2. The summed E-state index contributed by atoms with van der Waals surface area (Å²) in [5.41, 5.74) is 1.36. The summed E-state index contributed by atoms with van der Waals surface area (Å²) < 4.78 is 7.59. The molecule has 0 N–H and O–H groups in total. The maximum absolute atomic E-state index is 13.0. The van der Waals surface area contributed by atoms with Gasteiger partial charge in [0.1, 0.15) is 16.7 Å². The molecule has 0 aliphatic carbocycles. The maximum Gasteiger partial charge on any atom is 0.411 e. The Morgan fingerprint density at radius 3 is 2.71 bits per heavy atom. The molecular weight excluding hydrogens is 396 g/mol. The zero-order valence-corrected chi connectivity index (χ0v) is 18.5. The lowest BCUT2D eigenvalue weighted by Gasteiger charge is -2.35. The van der Waals surface area contributed by atoms with E-state index in [1.807, 2.05) is 57.4 Å². The van der Waals surface area contributed by atoms with Crippen LogP contribution in [-0.4, -0.2) is 56.8 Å². The van der Waals surface area contributed by atoms with Crippen molar-refractivity contribution in [2.45, 2.75) is 45.8 Å². The van der Waals surface area contributed by atoms with E-state index in [0.717, 1.165) is 31.4 Å². The summed E-state index contributed by atoms with van der Waals surface area (Å²) in [7, 11) is 3.92. The first kappa shape index (κ1) is 19.1. The third-order valence-corrected chi connectivity index (χ3v) is 6.41. The monoisotopic (exact) mass is 420 g/mol. The van der Waals surface area contributed by atoms with Gasteiger partial charge in [-0.1, -0.05) is 22.7 Å². The molecule has 3 aromatic heterocycles. The summed E-state index contributed by atoms with van der Waals surface area (Å²) >= 11 is 3.13. The van der Waals surface area contributed by atoms with E-state index in [0.29, 0.717) is 13.0 Å². The number of ether oxygens (including phenoxy) is 1. The van der Waals surface area contributed by atoms with Gasteiger partial charge in [-0.05, 0) is 27.7 Å². The van der Waals surface area contributed by atoms with Crippen molar-refractivity contribution < 1.29 is 9.53 Å².